The molecule has 0 spiro atoms. The summed E-state index contributed by atoms with van der Waals surface area (Å²) in [4.78, 5) is 61.4. The van der Waals surface area contributed by atoms with E-state index in [2.05, 4.69) is 36.2 Å². The minimum Gasteiger partial charge on any atom is -0.480 e. The summed E-state index contributed by atoms with van der Waals surface area (Å²) < 4.78 is 72.1. The fourth-order valence-corrected chi connectivity index (χ4v) is 5.55. The molecule has 3 aromatic heterocycles. The number of hydrogen-bond donors (Lipinski definition) is 3. The lowest BCUT2D eigenvalue weighted by atomic mass is 9.96. The zero-order valence-electron chi connectivity index (χ0n) is 28.8. The largest absolute Gasteiger partial charge is 0.480 e. The van der Waals surface area contributed by atoms with Crippen molar-refractivity contribution in [3.63, 3.8) is 0 Å². The predicted molar refractivity (Wildman–Crippen MR) is 190 cm³/mol. The molecule has 0 aliphatic heterocycles. The van der Waals surface area contributed by atoms with E-state index in [0.29, 0.717) is 50.3 Å². The first-order valence-corrected chi connectivity index (χ1v) is 16.6. The van der Waals surface area contributed by atoms with Crippen molar-refractivity contribution in [2.24, 2.45) is 14.1 Å². The average molecular weight is 807 g/mol. The third-order valence-electron chi connectivity index (χ3n) is 8.35. The molecule has 0 saturated heterocycles. The molecule has 2 aromatic carbocycles. The highest BCUT2D eigenvalue weighted by Crippen LogP contribution is 2.30. The number of hydrogen-bond acceptors (Lipinski definition) is 8. The lowest BCUT2D eigenvalue weighted by molar-refractivity contribution is -0.143. The van der Waals surface area contributed by atoms with Gasteiger partial charge in [0.05, 0.1) is 11.1 Å². The third kappa shape index (κ3) is 9.11. The maximum absolute atomic E-state index is 14.8. The maximum Gasteiger partial charge on any atom is 0.408 e. The second-order valence-corrected chi connectivity index (χ2v) is 12.7. The van der Waals surface area contributed by atoms with E-state index in [1.165, 1.54) is 34.6 Å². The standard InChI is InChI=1S/C29H26F5N5O4.C6H7BrN2O/c1-4-23(29(32,33)34)37-16-11-20(30)24(21(31)12-16)26(40)38-22(28(42)43)10-15-7-8-18(25-17(15)6-5-9-35-25)19-13-36-14(2)39(3)27(19)41;1-4-8-3-5(7)6(10)9(4)2/h5-9,11-13,22-23,37H,4,10H2,1-3H3,(H,38,40)(H,42,43);3H,1-2H3/t22-,23+;/m0./s1. The Morgan fingerprint density at radius 2 is 1.53 bits per heavy atom. The summed E-state index contributed by atoms with van der Waals surface area (Å²) in [6.07, 6.45) is -1.02. The molecule has 53 heavy (non-hydrogen) atoms. The molecule has 5 aromatic rings. The van der Waals surface area contributed by atoms with Crippen molar-refractivity contribution >= 4 is 44.4 Å². The molecule has 3 heterocycles. The van der Waals surface area contributed by atoms with Crippen LogP contribution < -0.4 is 21.8 Å². The average Bonchev–Trinajstić information content (AvgIpc) is 3.10. The van der Waals surface area contributed by atoms with E-state index in [0.717, 1.165) is 0 Å². The Bertz CT molecular complexity index is 2290. The Balaban J connectivity index is 0.000000541. The van der Waals surface area contributed by atoms with Crippen LogP contribution >= 0.6 is 15.9 Å². The lowest BCUT2D eigenvalue weighted by Gasteiger charge is -2.22. The number of aliphatic carboxylic acids is 1. The molecule has 2 atom stereocenters. The number of alkyl halides is 3. The number of anilines is 1. The minimum atomic E-state index is -4.68. The minimum absolute atomic E-state index is 0.0486. The number of nitrogens with zero attached hydrogens (tertiary/aromatic N) is 5. The van der Waals surface area contributed by atoms with Crippen LogP contribution in [0.25, 0.3) is 22.0 Å². The number of carboxylic acids is 1. The quantitative estimate of drug-likeness (QED) is 0.161. The van der Waals surface area contributed by atoms with Crippen LogP contribution in [0.2, 0.25) is 0 Å². The molecule has 0 fully saturated rings. The Kier molecular flexibility index (Phi) is 12.5. The molecule has 0 aliphatic carbocycles. The molecular weight excluding hydrogens is 773 g/mol. The number of aryl methyl sites for hydroxylation is 2. The van der Waals surface area contributed by atoms with Crippen LogP contribution in [0.1, 0.15) is 40.9 Å². The van der Waals surface area contributed by atoms with Gasteiger partial charge in [-0.05, 0) is 60.0 Å². The smallest absolute Gasteiger partial charge is 0.408 e. The Hall–Kier alpha value is -5.52. The molecule has 3 N–H and O–H groups in total. The Morgan fingerprint density at radius 3 is 2.09 bits per heavy atom. The van der Waals surface area contributed by atoms with Crippen molar-refractivity contribution in [2.75, 3.05) is 5.32 Å². The molecule has 0 radical (unpaired) electrons. The highest BCUT2D eigenvalue weighted by Gasteiger charge is 2.38. The highest BCUT2D eigenvalue weighted by atomic mass is 79.9. The summed E-state index contributed by atoms with van der Waals surface area (Å²) in [5.41, 5.74) is -0.598. The zero-order chi connectivity index (χ0) is 39.4. The van der Waals surface area contributed by atoms with Gasteiger partial charge in [-0.15, -0.1) is 0 Å². The van der Waals surface area contributed by atoms with E-state index >= 15 is 0 Å². The fourth-order valence-electron chi connectivity index (χ4n) is 5.18. The van der Waals surface area contributed by atoms with Gasteiger partial charge in [0, 0.05) is 55.7 Å². The topological polar surface area (TPSA) is 161 Å². The van der Waals surface area contributed by atoms with E-state index in [4.69, 9.17) is 0 Å². The van der Waals surface area contributed by atoms with Gasteiger partial charge in [-0.3, -0.25) is 28.5 Å². The van der Waals surface area contributed by atoms with Gasteiger partial charge < -0.3 is 15.7 Å². The number of fused-ring (bicyclic) bond motifs is 1. The Morgan fingerprint density at radius 1 is 0.925 bits per heavy atom. The first-order chi connectivity index (χ1) is 24.8. The van der Waals surface area contributed by atoms with Crippen molar-refractivity contribution in [2.45, 2.75) is 51.9 Å². The van der Waals surface area contributed by atoms with Gasteiger partial charge in [0.1, 0.15) is 45.4 Å². The van der Waals surface area contributed by atoms with Gasteiger partial charge in [-0.1, -0.05) is 25.1 Å². The molecular formula is C35H33BrF5N7O5. The first-order valence-electron chi connectivity index (χ1n) is 15.8. The van der Waals surface area contributed by atoms with Crippen LogP contribution in [0, 0.1) is 25.5 Å². The number of rotatable bonds is 9. The zero-order valence-corrected chi connectivity index (χ0v) is 30.4. The monoisotopic (exact) mass is 805 g/mol. The predicted octanol–water partition coefficient (Wildman–Crippen LogP) is 5.61. The Labute approximate surface area is 306 Å². The number of carbonyl (C=O) groups is 2. The van der Waals surface area contributed by atoms with E-state index in [1.54, 1.807) is 52.2 Å². The fraction of sp³-hybridized carbons (Fsp3) is 0.286. The molecule has 12 nitrogen and oxygen atoms in total. The van der Waals surface area contributed by atoms with Crippen LogP contribution in [0.15, 0.2) is 69.1 Å². The van der Waals surface area contributed by atoms with E-state index in [9.17, 15) is 46.2 Å². The SMILES string of the molecule is CC[C@@H](Nc1cc(F)c(C(=O)N[C@@H](Cc2ccc(-c3cnc(C)n(C)c3=O)c3ncccc23)C(=O)O)c(F)c1)C(F)(F)F.Cc1ncc(Br)c(=O)n1C. The number of carbonyl (C=O) groups excluding carboxylic acids is 1. The number of benzene rings is 2. The normalized spacial score (nSPS) is 12.4. The van der Waals surface area contributed by atoms with Crippen molar-refractivity contribution < 1.29 is 36.6 Å². The molecule has 0 aliphatic rings. The summed E-state index contributed by atoms with van der Waals surface area (Å²) in [5.74, 6) is -4.67. The maximum atomic E-state index is 14.8. The van der Waals surface area contributed by atoms with Gasteiger partial charge in [0.2, 0.25) is 0 Å². The number of nitrogens with one attached hydrogen (secondary N) is 2. The number of aromatic nitrogens is 5. The highest BCUT2D eigenvalue weighted by molar-refractivity contribution is 9.10. The third-order valence-corrected chi connectivity index (χ3v) is 8.89. The van der Waals surface area contributed by atoms with Crippen molar-refractivity contribution in [3.05, 3.63) is 115 Å². The van der Waals surface area contributed by atoms with Crippen LogP contribution in [0.5, 0.6) is 0 Å². The number of halogens is 6. The van der Waals surface area contributed by atoms with Crippen molar-refractivity contribution in [3.8, 4) is 11.1 Å². The molecule has 280 valence electrons. The second kappa shape index (κ2) is 16.4. The van der Waals surface area contributed by atoms with Crippen molar-refractivity contribution in [1.29, 1.82) is 0 Å². The van der Waals surface area contributed by atoms with E-state index in [-0.39, 0.29) is 23.1 Å². The molecule has 0 saturated carbocycles. The van der Waals surface area contributed by atoms with Gasteiger partial charge in [-0.25, -0.2) is 23.5 Å². The van der Waals surface area contributed by atoms with Gasteiger partial charge in [-0.2, -0.15) is 13.2 Å². The van der Waals surface area contributed by atoms with Crippen LogP contribution in [-0.2, 0) is 25.3 Å². The van der Waals surface area contributed by atoms with Gasteiger partial charge >= 0.3 is 12.1 Å². The molecule has 0 bridgehead atoms. The van der Waals surface area contributed by atoms with Crippen LogP contribution in [0.4, 0.5) is 27.6 Å². The molecule has 18 heteroatoms. The van der Waals surface area contributed by atoms with Crippen LogP contribution in [0.3, 0.4) is 0 Å². The molecule has 1 amide bonds. The number of amides is 1. The lowest BCUT2D eigenvalue weighted by Crippen LogP contribution is -2.43. The summed E-state index contributed by atoms with van der Waals surface area (Å²) >= 11 is 3.08. The molecule has 0 unspecified atom stereocenters. The van der Waals surface area contributed by atoms with Crippen LogP contribution in [-0.4, -0.2) is 59.3 Å². The number of pyridine rings is 1. The van der Waals surface area contributed by atoms with E-state index < -0.39 is 59.4 Å². The van der Waals surface area contributed by atoms with Crippen molar-refractivity contribution in [1.82, 2.24) is 29.4 Å². The summed E-state index contributed by atoms with van der Waals surface area (Å²) in [6.45, 7) is 4.69. The van der Waals surface area contributed by atoms with E-state index in [1.807, 2.05) is 5.32 Å². The summed E-state index contributed by atoms with van der Waals surface area (Å²) in [6, 6.07) is 3.67. The summed E-state index contributed by atoms with van der Waals surface area (Å²) in [5, 5.41) is 14.4. The number of carboxylic acid groups (broad SMARTS) is 1. The molecule has 5 rings (SSSR count). The van der Waals surface area contributed by atoms with Gasteiger partial charge in [0.15, 0.2) is 0 Å². The first kappa shape index (κ1) is 40.3. The van der Waals surface area contributed by atoms with Gasteiger partial charge in [0.25, 0.3) is 17.0 Å². The second-order valence-electron chi connectivity index (χ2n) is 11.8. The summed E-state index contributed by atoms with van der Waals surface area (Å²) in [7, 11) is 3.26.